The first-order valence-corrected chi connectivity index (χ1v) is 7.68. The predicted molar refractivity (Wildman–Crippen MR) is 86.0 cm³/mol. The number of aliphatic hydroxyl groups is 1. The molecule has 1 saturated heterocycles. The van der Waals surface area contributed by atoms with Crippen molar-refractivity contribution in [2.45, 2.75) is 12.1 Å². The maximum Gasteiger partial charge on any atom is 0.248 e. The molecule has 6 nitrogen and oxygen atoms in total. The first-order chi connectivity index (χ1) is 11.1. The molecule has 23 heavy (non-hydrogen) atoms. The molecule has 1 heterocycles. The number of methoxy groups -OCH3 is 1. The predicted octanol–water partition coefficient (Wildman–Crippen LogP) is 0.312. The molecule has 1 aliphatic rings. The average molecular weight is 325 g/mol. The van der Waals surface area contributed by atoms with Crippen molar-refractivity contribution in [2.24, 2.45) is 5.73 Å². The molecule has 0 spiro atoms. The molecule has 1 amide bonds. The fourth-order valence-corrected chi connectivity index (χ4v) is 2.83. The Labute approximate surface area is 135 Å². The molecule has 3 N–H and O–H groups in total. The molecule has 1 aromatic rings. The summed E-state index contributed by atoms with van der Waals surface area (Å²) in [7, 11) is 1.52. The number of anilines is 1. The highest BCUT2D eigenvalue weighted by Crippen LogP contribution is 2.24. The number of halogens is 1. The zero-order valence-corrected chi connectivity index (χ0v) is 13.3. The lowest BCUT2D eigenvalue weighted by Crippen LogP contribution is -2.49. The smallest absolute Gasteiger partial charge is 0.248 e. The maximum absolute atomic E-state index is 12.7. The lowest BCUT2D eigenvalue weighted by Gasteiger charge is -2.36. The molecule has 128 valence electrons. The van der Waals surface area contributed by atoms with Crippen molar-refractivity contribution in [1.29, 1.82) is 0 Å². The van der Waals surface area contributed by atoms with Crippen LogP contribution in [0.4, 0.5) is 10.1 Å². The lowest BCUT2D eigenvalue weighted by molar-refractivity contribution is -0.134. The summed E-state index contributed by atoms with van der Waals surface area (Å²) in [6, 6.07) is 7.01. The van der Waals surface area contributed by atoms with Crippen LogP contribution in [0.15, 0.2) is 24.3 Å². The van der Waals surface area contributed by atoms with Gasteiger partial charge in [-0.2, -0.15) is 0 Å². The van der Waals surface area contributed by atoms with Crippen molar-refractivity contribution in [3.05, 3.63) is 29.8 Å². The number of nitrogens with two attached hydrogens (primary N) is 1. The van der Waals surface area contributed by atoms with Crippen LogP contribution >= 0.6 is 0 Å². The minimum Gasteiger partial charge on any atom is -0.387 e. The number of alkyl halides is 1. The standard InChI is InChI=1S/C16H24FN3O3/c1-23-16(14(18)10-17)12-2-4-13(5-3-12)19-6-8-20(9-7-19)15(22)11-21/h2-5,14,16,21H,6-11,18H2,1H3/t14-,16-/m1/s1. The second-order valence-electron chi connectivity index (χ2n) is 5.59. The Bertz CT molecular complexity index is 504. The summed E-state index contributed by atoms with van der Waals surface area (Å²) in [4.78, 5) is 15.3. The van der Waals surface area contributed by atoms with Gasteiger partial charge in [0.1, 0.15) is 13.3 Å². The van der Waals surface area contributed by atoms with E-state index in [1.54, 1.807) is 4.90 Å². The minimum absolute atomic E-state index is 0.233. The van der Waals surface area contributed by atoms with Crippen LogP contribution in [-0.4, -0.2) is 68.5 Å². The number of piperazine rings is 1. The number of rotatable bonds is 6. The number of carbonyl (C=O) groups excluding carboxylic acids is 1. The molecule has 0 unspecified atom stereocenters. The minimum atomic E-state index is -0.682. The molecule has 1 aromatic carbocycles. The van der Waals surface area contributed by atoms with Gasteiger partial charge in [0.15, 0.2) is 0 Å². The second-order valence-corrected chi connectivity index (χ2v) is 5.59. The Morgan fingerprint density at radius 1 is 1.30 bits per heavy atom. The molecule has 7 heteroatoms. The van der Waals surface area contributed by atoms with E-state index in [-0.39, 0.29) is 5.91 Å². The Morgan fingerprint density at radius 2 is 1.91 bits per heavy atom. The quantitative estimate of drug-likeness (QED) is 0.787. The normalized spacial score (nSPS) is 17.9. The van der Waals surface area contributed by atoms with Gasteiger partial charge in [-0.05, 0) is 17.7 Å². The average Bonchev–Trinajstić information content (AvgIpc) is 2.62. The van der Waals surface area contributed by atoms with Crippen molar-refractivity contribution in [3.8, 4) is 0 Å². The SMILES string of the molecule is CO[C@H](c1ccc(N2CCN(C(=O)CO)CC2)cc1)[C@H](N)CF. The summed E-state index contributed by atoms with van der Waals surface area (Å²) < 4.78 is 18.0. The monoisotopic (exact) mass is 325 g/mol. The van der Waals surface area contributed by atoms with Crippen molar-refractivity contribution >= 4 is 11.6 Å². The van der Waals surface area contributed by atoms with Crippen LogP contribution in [0.25, 0.3) is 0 Å². The highest BCUT2D eigenvalue weighted by molar-refractivity contribution is 5.77. The van der Waals surface area contributed by atoms with E-state index in [0.717, 1.165) is 11.3 Å². The third-order valence-corrected chi connectivity index (χ3v) is 4.18. The zero-order chi connectivity index (χ0) is 16.8. The van der Waals surface area contributed by atoms with Crippen LogP contribution in [0.2, 0.25) is 0 Å². The first-order valence-electron chi connectivity index (χ1n) is 7.68. The Kier molecular flexibility index (Phi) is 6.32. The van der Waals surface area contributed by atoms with Gasteiger partial charge in [0, 0.05) is 39.0 Å². The van der Waals surface area contributed by atoms with Crippen LogP contribution < -0.4 is 10.6 Å². The van der Waals surface area contributed by atoms with Crippen LogP contribution in [0.5, 0.6) is 0 Å². The molecule has 0 aliphatic carbocycles. The molecule has 2 rings (SSSR count). The largest absolute Gasteiger partial charge is 0.387 e. The van der Waals surface area contributed by atoms with E-state index in [1.807, 2.05) is 24.3 Å². The van der Waals surface area contributed by atoms with E-state index in [9.17, 15) is 9.18 Å². The molecule has 0 bridgehead atoms. The van der Waals surface area contributed by atoms with Gasteiger partial charge in [-0.25, -0.2) is 4.39 Å². The topological polar surface area (TPSA) is 79.0 Å². The number of aliphatic hydroxyl groups excluding tert-OH is 1. The number of carbonyl (C=O) groups is 1. The highest BCUT2D eigenvalue weighted by atomic mass is 19.1. The van der Waals surface area contributed by atoms with Crippen molar-refractivity contribution in [2.75, 3.05) is 51.5 Å². The van der Waals surface area contributed by atoms with E-state index in [0.29, 0.717) is 26.2 Å². The third-order valence-electron chi connectivity index (χ3n) is 4.18. The second kappa shape index (κ2) is 8.24. The van der Waals surface area contributed by atoms with Gasteiger partial charge < -0.3 is 25.4 Å². The molecule has 2 atom stereocenters. The fraction of sp³-hybridized carbons (Fsp3) is 0.562. The molecular weight excluding hydrogens is 301 g/mol. The maximum atomic E-state index is 12.7. The van der Waals surface area contributed by atoms with E-state index in [1.165, 1.54) is 7.11 Å². The Hall–Kier alpha value is -1.70. The molecule has 0 aromatic heterocycles. The number of amides is 1. The molecule has 0 saturated carbocycles. The van der Waals surface area contributed by atoms with E-state index < -0.39 is 25.4 Å². The van der Waals surface area contributed by atoms with Crippen LogP contribution in [0.1, 0.15) is 11.7 Å². The fourth-order valence-electron chi connectivity index (χ4n) is 2.83. The number of hydrogen-bond donors (Lipinski definition) is 2. The van der Waals surface area contributed by atoms with Crippen LogP contribution in [-0.2, 0) is 9.53 Å². The third kappa shape index (κ3) is 4.19. The van der Waals surface area contributed by atoms with Gasteiger partial charge in [0.2, 0.25) is 5.91 Å². The van der Waals surface area contributed by atoms with Gasteiger partial charge in [0.05, 0.1) is 12.1 Å². The van der Waals surface area contributed by atoms with Gasteiger partial charge in [-0.1, -0.05) is 12.1 Å². The van der Waals surface area contributed by atoms with Gasteiger partial charge in [-0.3, -0.25) is 4.79 Å². The number of ether oxygens (including phenoxy) is 1. The van der Waals surface area contributed by atoms with Gasteiger partial charge >= 0.3 is 0 Å². The summed E-state index contributed by atoms with van der Waals surface area (Å²) in [5.74, 6) is -0.233. The Balaban J connectivity index is 1.99. The number of benzene rings is 1. The Morgan fingerprint density at radius 3 is 2.39 bits per heavy atom. The molecular formula is C16H24FN3O3. The van der Waals surface area contributed by atoms with E-state index in [2.05, 4.69) is 4.90 Å². The van der Waals surface area contributed by atoms with Crippen molar-refractivity contribution in [1.82, 2.24) is 4.90 Å². The summed E-state index contributed by atoms with van der Waals surface area (Å²) in [5.41, 5.74) is 7.61. The van der Waals surface area contributed by atoms with Crippen molar-refractivity contribution < 1.29 is 19.0 Å². The van der Waals surface area contributed by atoms with Gasteiger partial charge in [-0.15, -0.1) is 0 Å². The summed E-state index contributed by atoms with van der Waals surface area (Å²) in [6.07, 6.45) is -0.465. The van der Waals surface area contributed by atoms with Gasteiger partial charge in [0.25, 0.3) is 0 Å². The van der Waals surface area contributed by atoms with E-state index in [4.69, 9.17) is 15.6 Å². The lowest BCUT2D eigenvalue weighted by atomic mass is 10.0. The van der Waals surface area contributed by atoms with E-state index >= 15 is 0 Å². The summed E-state index contributed by atoms with van der Waals surface area (Å²) in [6.45, 7) is 1.53. The summed E-state index contributed by atoms with van der Waals surface area (Å²) in [5, 5.41) is 8.89. The summed E-state index contributed by atoms with van der Waals surface area (Å²) >= 11 is 0. The molecule has 1 fully saturated rings. The van der Waals surface area contributed by atoms with Crippen molar-refractivity contribution in [3.63, 3.8) is 0 Å². The number of hydrogen-bond acceptors (Lipinski definition) is 5. The van der Waals surface area contributed by atoms with Crippen LogP contribution in [0.3, 0.4) is 0 Å². The highest BCUT2D eigenvalue weighted by Gasteiger charge is 2.22. The van der Waals surface area contributed by atoms with Crippen LogP contribution in [0, 0.1) is 0 Å². The molecule has 1 aliphatic heterocycles. The number of nitrogens with zero attached hydrogens (tertiary/aromatic N) is 2. The molecule has 0 radical (unpaired) electrons. The first kappa shape index (κ1) is 17.7. The zero-order valence-electron chi connectivity index (χ0n) is 13.3.